The SMILES string of the molecule is CC[C@H](C)NC(=O)[C@H](Cc1ccccc1)N(Cc1ccc(Br)cc1)C(=O)CCCOc1ccc(OC)cc1. The van der Waals surface area contributed by atoms with Crippen molar-refractivity contribution in [2.24, 2.45) is 0 Å². The van der Waals surface area contributed by atoms with Crippen LogP contribution < -0.4 is 14.8 Å². The number of carbonyl (C=O) groups excluding carboxylic acids is 2. The van der Waals surface area contributed by atoms with E-state index >= 15 is 0 Å². The van der Waals surface area contributed by atoms with Gasteiger partial charge < -0.3 is 19.7 Å². The third kappa shape index (κ3) is 9.21. The third-order valence-electron chi connectivity index (χ3n) is 6.40. The molecule has 7 heteroatoms. The van der Waals surface area contributed by atoms with Crippen LogP contribution in [0.4, 0.5) is 0 Å². The number of nitrogens with one attached hydrogen (secondary N) is 1. The van der Waals surface area contributed by atoms with Crippen LogP contribution in [0.5, 0.6) is 11.5 Å². The second kappa shape index (κ2) is 15.2. The molecule has 0 heterocycles. The minimum Gasteiger partial charge on any atom is -0.497 e. The maximum absolute atomic E-state index is 13.7. The number of hydrogen-bond donors (Lipinski definition) is 1. The highest BCUT2D eigenvalue weighted by atomic mass is 79.9. The summed E-state index contributed by atoms with van der Waals surface area (Å²) in [4.78, 5) is 28.9. The zero-order valence-electron chi connectivity index (χ0n) is 22.4. The molecule has 0 unspecified atom stereocenters. The van der Waals surface area contributed by atoms with E-state index in [4.69, 9.17) is 9.47 Å². The summed E-state index contributed by atoms with van der Waals surface area (Å²) in [6.45, 7) is 4.75. The molecule has 202 valence electrons. The first kappa shape index (κ1) is 29.2. The summed E-state index contributed by atoms with van der Waals surface area (Å²) in [6.07, 6.45) is 2.06. The highest BCUT2D eigenvalue weighted by Gasteiger charge is 2.30. The maximum atomic E-state index is 13.7. The molecule has 0 saturated heterocycles. The van der Waals surface area contributed by atoms with Gasteiger partial charge in [0.25, 0.3) is 0 Å². The van der Waals surface area contributed by atoms with Gasteiger partial charge in [0.2, 0.25) is 11.8 Å². The number of ether oxygens (including phenoxy) is 2. The topological polar surface area (TPSA) is 67.9 Å². The van der Waals surface area contributed by atoms with E-state index in [1.54, 1.807) is 12.0 Å². The molecular weight excluding hydrogens is 544 g/mol. The Morgan fingerprint density at radius 3 is 2.21 bits per heavy atom. The lowest BCUT2D eigenvalue weighted by Crippen LogP contribution is -2.52. The lowest BCUT2D eigenvalue weighted by atomic mass is 10.0. The van der Waals surface area contributed by atoms with Gasteiger partial charge in [-0.2, -0.15) is 0 Å². The molecule has 2 atom stereocenters. The molecule has 2 amide bonds. The molecule has 0 aliphatic carbocycles. The average molecular weight is 582 g/mol. The summed E-state index contributed by atoms with van der Waals surface area (Å²) in [5.74, 6) is 1.27. The first-order valence-electron chi connectivity index (χ1n) is 13.0. The van der Waals surface area contributed by atoms with Gasteiger partial charge in [0.15, 0.2) is 0 Å². The molecule has 0 fully saturated rings. The summed E-state index contributed by atoms with van der Waals surface area (Å²) in [5.41, 5.74) is 1.97. The number of benzene rings is 3. The summed E-state index contributed by atoms with van der Waals surface area (Å²) < 4.78 is 12.0. The smallest absolute Gasteiger partial charge is 0.243 e. The van der Waals surface area contributed by atoms with Gasteiger partial charge in [0, 0.05) is 29.9 Å². The van der Waals surface area contributed by atoms with E-state index in [0.29, 0.717) is 26.0 Å². The highest BCUT2D eigenvalue weighted by Crippen LogP contribution is 2.20. The first-order chi connectivity index (χ1) is 18.4. The zero-order chi connectivity index (χ0) is 27.3. The molecule has 0 saturated carbocycles. The van der Waals surface area contributed by atoms with E-state index in [2.05, 4.69) is 21.2 Å². The van der Waals surface area contributed by atoms with Crippen molar-refractivity contribution in [1.82, 2.24) is 10.2 Å². The van der Waals surface area contributed by atoms with Crippen LogP contribution in [-0.2, 0) is 22.6 Å². The monoisotopic (exact) mass is 580 g/mol. The van der Waals surface area contributed by atoms with E-state index in [0.717, 1.165) is 33.5 Å². The minimum absolute atomic E-state index is 0.0169. The van der Waals surface area contributed by atoms with Gasteiger partial charge in [-0.05, 0) is 67.3 Å². The van der Waals surface area contributed by atoms with Crippen LogP contribution in [0, 0.1) is 0 Å². The second-order valence-corrected chi connectivity index (χ2v) is 10.2. The summed E-state index contributed by atoms with van der Waals surface area (Å²) >= 11 is 3.48. The van der Waals surface area contributed by atoms with Crippen molar-refractivity contribution in [3.63, 3.8) is 0 Å². The number of nitrogens with zero attached hydrogens (tertiary/aromatic N) is 1. The van der Waals surface area contributed by atoms with Crippen LogP contribution in [-0.4, -0.2) is 42.5 Å². The van der Waals surface area contributed by atoms with Gasteiger partial charge >= 0.3 is 0 Å². The molecule has 0 radical (unpaired) electrons. The summed E-state index contributed by atoms with van der Waals surface area (Å²) in [5, 5.41) is 3.10. The predicted molar refractivity (Wildman–Crippen MR) is 154 cm³/mol. The highest BCUT2D eigenvalue weighted by molar-refractivity contribution is 9.10. The number of amides is 2. The Morgan fingerprint density at radius 2 is 1.58 bits per heavy atom. The third-order valence-corrected chi connectivity index (χ3v) is 6.93. The molecule has 0 aliphatic heterocycles. The number of halogens is 1. The Kier molecular flexibility index (Phi) is 11.7. The fraction of sp³-hybridized carbons (Fsp3) is 0.355. The van der Waals surface area contributed by atoms with E-state index in [-0.39, 0.29) is 24.3 Å². The zero-order valence-corrected chi connectivity index (χ0v) is 23.9. The number of methoxy groups -OCH3 is 1. The van der Waals surface area contributed by atoms with Crippen LogP contribution in [0.1, 0.15) is 44.2 Å². The largest absolute Gasteiger partial charge is 0.497 e. The van der Waals surface area contributed by atoms with Crippen LogP contribution in [0.15, 0.2) is 83.3 Å². The number of carbonyl (C=O) groups is 2. The summed E-state index contributed by atoms with van der Waals surface area (Å²) in [6, 6.07) is 24.4. The van der Waals surface area contributed by atoms with Gasteiger partial charge in [0.1, 0.15) is 17.5 Å². The normalized spacial score (nSPS) is 12.3. The standard InChI is InChI=1S/C31H37BrN2O4/c1-4-23(2)33-31(36)29(21-24-9-6-5-7-10-24)34(22-25-12-14-26(32)15-13-25)30(35)11-8-20-38-28-18-16-27(37-3)17-19-28/h5-7,9-10,12-19,23,29H,4,8,11,20-22H2,1-3H3,(H,33,36)/t23-,29-/m0/s1. The molecule has 0 bridgehead atoms. The number of rotatable bonds is 14. The van der Waals surface area contributed by atoms with Crippen molar-refractivity contribution in [1.29, 1.82) is 0 Å². The van der Waals surface area contributed by atoms with E-state index < -0.39 is 6.04 Å². The quantitative estimate of drug-likeness (QED) is 0.231. The van der Waals surface area contributed by atoms with Gasteiger partial charge in [0.05, 0.1) is 13.7 Å². The fourth-order valence-electron chi connectivity index (χ4n) is 4.01. The molecule has 3 aromatic rings. The lowest BCUT2D eigenvalue weighted by Gasteiger charge is -2.32. The Bertz CT molecular complexity index is 1140. The van der Waals surface area contributed by atoms with Crippen LogP contribution in [0.25, 0.3) is 0 Å². The van der Waals surface area contributed by atoms with Crippen molar-refractivity contribution in [3.05, 3.63) is 94.5 Å². The lowest BCUT2D eigenvalue weighted by molar-refractivity contribution is -0.141. The minimum atomic E-state index is -0.634. The molecule has 1 N–H and O–H groups in total. The maximum Gasteiger partial charge on any atom is 0.243 e. The summed E-state index contributed by atoms with van der Waals surface area (Å²) in [7, 11) is 1.62. The van der Waals surface area contributed by atoms with Crippen molar-refractivity contribution >= 4 is 27.7 Å². The molecule has 0 aromatic heterocycles. The molecule has 6 nitrogen and oxygen atoms in total. The number of hydrogen-bond acceptors (Lipinski definition) is 4. The van der Waals surface area contributed by atoms with Gasteiger partial charge in [-0.15, -0.1) is 0 Å². The molecule has 0 aliphatic rings. The van der Waals surface area contributed by atoms with Gasteiger partial charge in [-0.1, -0.05) is 65.3 Å². The predicted octanol–water partition coefficient (Wildman–Crippen LogP) is 6.17. The second-order valence-electron chi connectivity index (χ2n) is 9.30. The van der Waals surface area contributed by atoms with Crippen LogP contribution in [0.2, 0.25) is 0 Å². The van der Waals surface area contributed by atoms with Crippen molar-refractivity contribution in [3.8, 4) is 11.5 Å². The Balaban J connectivity index is 1.77. The Hall–Kier alpha value is -3.32. The Morgan fingerprint density at radius 1 is 0.921 bits per heavy atom. The van der Waals surface area contributed by atoms with Crippen molar-refractivity contribution in [2.45, 2.75) is 58.2 Å². The van der Waals surface area contributed by atoms with E-state index in [1.165, 1.54) is 0 Å². The molecule has 3 rings (SSSR count). The molecule has 38 heavy (non-hydrogen) atoms. The van der Waals surface area contributed by atoms with Crippen LogP contribution >= 0.6 is 15.9 Å². The van der Waals surface area contributed by atoms with Crippen LogP contribution in [0.3, 0.4) is 0 Å². The average Bonchev–Trinajstić information content (AvgIpc) is 2.94. The molecule has 0 spiro atoms. The molecule has 3 aromatic carbocycles. The van der Waals surface area contributed by atoms with Gasteiger partial charge in [-0.3, -0.25) is 9.59 Å². The van der Waals surface area contributed by atoms with Gasteiger partial charge in [-0.25, -0.2) is 0 Å². The van der Waals surface area contributed by atoms with Crippen molar-refractivity contribution < 1.29 is 19.1 Å². The molecular formula is C31H37BrN2O4. The van der Waals surface area contributed by atoms with E-state index in [9.17, 15) is 9.59 Å². The first-order valence-corrected chi connectivity index (χ1v) is 13.8. The van der Waals surface area contributed by atoms with E-state index in [1.807, 2.05) is 92.7 Å². The Labute approximate surface area is 234 Å². The fourth-order valence-corrected chi connectivity index (χ4v) is 4.27. The van der Waals surface area contributed by atoms with Crippen molar-refractivity contribution in [2.75, 3.05) is 13.7 Å².